The lowest BCUT2D eigenvalue weighted by Gasteiger charge is -2.45. The molecule has 2 aliphatic heterocycles. The molecule has 35 heavy (non-hydrogen) atoms. The van der Waals surface area contributed by atoms with Gasteiger partial charge in [-0.1, -0.05) is 51.2 Å². The van der Waals surface area contributed by atoms with Crippen LogP contribution in [-0.2, 0) is 6.61 Å². The Hall–Kier alpha value is -3.56. The standard InChI is InChI=1S/C25H22Cl2N7O/c1-34(23-13-28-15-29-23)31-30-25-32(20-8-6-18(26)7-9-20)24(17-3-2-4-19(27)12-17)21-11-16(14-35)5-10-22(21)33(25)34/h2-13,15,24,31,35H,14H2,1H3,(H,28,29)/q+1. The summed E-state index contributed by atoms with van der Waals surface area (Å²) in [4.78, 5) is 9.59. The minimum atomic E-state index is -0.263. The van der Waals surface area contributed by atoms with Crippen molar-refractivity contribution in [3.63, 3.8) is 0 Å². The topological polar surface area (TPSA) is 79.8 Å². The monoisotopic (exact) mass is 506 g/mol. The van der Waals surface area contributed by atoms with Crippen molar-refractivity contribution in [3.05, 3.63) is 106 Å². The van der Waals surface area contributed by atoms with Gasteiger partial charge in [0.1, 0.15) is 18.9 Å². The van der Waals surface area contributed by atoms with Crippen LogP contribution in [0.5, 0.6) is 0 Å². The molecule has 3 heterocycles. The third-order valence-electron chi connectivity index (χ3n) is 6.43. The number of hydrogen-bond acceptors (Lipinski definition) is 6. The number of hydrazone groups is 1. The van der Waals surface area contributed by atoms with E-state index in [9.17, 15) is 5.11 Å². The molecule has 1 aromatic heterocycles. The van der Waals surface area contributed by atoms with Gasteiger partial charge in [-0.2, -0.15) is 0 Å². The number of nitrogens with zero attached hydrogens (tertiary/aromatic N) is 5. The third-order valence-corrected chi connectivity index (χ3v) is 6.91. The van der Waals surface area contributed by atoms with E-state index in [4.69, 9.17) is 28.3 Å². The SMILES string of the molecule is C[N+]1(c2cnc[nH]2)NN=C2N(c3ccc(Cl)cc3)C(c3cccc(Cl)c3)c3cc(CO)ccc3N21. The molecule has 0 spiro atoms. The predicted octanol–water partition coefficient (Wildman–Crippen LogP) is 4.97. The molecular formula is C25H22Cl2N7O+. The zero-order chi connectivity index (χ0) is 24.2. The van der Waals surface area contributed by atoms with Crippen molar-refractivity contribution >= 4 is 46.4 Å². The first-order chi connectivity index (χ1) is 17.0. The molecule has 10 heteroatoms. The number of anilines is 2. The van der Waals surface area contributed by atoms with Gasteiger partial charge in [-0.25, -0.2) is 4.98 Å². The van der Waals surface area contributed by atoms with E-state index >= 15 is 0 Å². The van der Waals surface area contributed by atoms with Crippen LogP contribution >= 0.6 is 23.2 Å². The van der Waals surface area contributed by atoms with E-state index in [1.54, 1.807) is 12.5 Å². The number of hydrogen-bond donors (Lipinski definition) is 3. The summed E-state index contributed by atoms with van der Waals surface area (Å²) in [6.07, 6.45) is 3.41. The van der Waals surface area contributed by atoms with Crippen LogP contribution in [0.25, 0.3) is 0 Å². The van der Waals surface area contributed by atoms with Crippen molar-refractivity contribution in [2.45, 2.75) is 12.6 Å². The quantitative estimate of drug-likeness (QED) is 0.340. The number of benzene rings is 3. The summed E-state index contributed by atoms with van der Waals surface area (Å²) < 4.78 is 0.118. The number of aromatic nitrogens is 2. The number of nitrogens with one attached hydrogen (secondary N) is 2. The molecule has 2 atom stereocenters. The largest absolute Gasteiger partial charge is 0.392 e. The normalized spacial score (nSPS) is 20.8. The lowest BCUT2D eigenvalue weighted by molar-refractivity contribution is 0.266. The molecule has 0 fully saturated rings. The lowest BCUT2D eigenvalue weighted by atomic mass is 9.91. The van der Waals surface area contributed by atoms with Crippen LogP contribution in [0.4, 0.5) is 17.2 Å². The van der Waals surface area contributed by atoms with Gasteiger partial charge in [-0.3, -0.25) is 9.88 Å². The van der Waals surface area contributed by atoms with Crippen molar-refractivity contribution < 1.29 is 5.11 Å². The molecule has 2 unspecified atom stereocenters. The summed E-state index contributed by atoms with van der Waals surface area (Å²) >= 11 is 12.7. The van der Waals surface area contributed by atoms with Crippen LogP contribution in [0.3, 0.4) is 0 Å². The minimum absolute atomic E-state index is 0.0671. The molecule has 0 saturated heterocycles. The molecule has 3 aromatic carbocycles. The average Bonchev–Trinajstić information content (AvgIpc) is 3.53. The number of H-pyrrole nitrogens is 1. The number of fused-ring (bicyclic) bond motifs is 3. The Morgan fingerprint density at radius 2 is 1.86 bits per heavy atom. The average molecular weight is 507 g/mol. The summed E-state index contributed by atoms with van der Waals surface area (Å²) in [6, 6.07) is 21.2. The fourth-order valence-electron chi connectivity index (χ4n) is 4.78. The second-order valence-electron chi connectivity index (χ2n) is 8.57. The number of guanidine groups is 1. The first-order valence-electron chi connectivity index (χ1n) is 11.0. The first-order valence-corrected chi connectivity index (χ1v) is 11.8. The van der Waals surface area contributed by atoms with Gasteiger partial charge in [0.05, 0.1) is 19.0 Å². The van der Waals surface area contributed by atoms with Crippen LogP contribution in [-0.4, -0.2) is 28.1 Å². The zero-order valence-corrected chi connectivity index (χ0v) is 20.2. The number of imidazole rings is 1. The summed E-state index contributed by atoms with van der Waals surface area (Å²) in [6.45, 7) is -0.0671. The highest BCUT2D eigenvalue weighted by Gasteiger charge is 2.52. The second kappa shape index (κ2) is 8.28. The highest BCUT2D eigenvalue weighted by molar-refractivity contribution is 6.31. The van der Waals surface area contributed by atoms with Gasteiger partial charge >= 0.3 is 0 Å². The van der Waals surface area contributed by atoms with Crippen molar-refractivity contribution in [2.24, 2.45) is 5.10 Å². The van der Waals surface area contributed by atoms with Gasteiger partial charge < -0.3 is 5.11 Å². The molecule has 3 N–H and O–H groups in total. The van der Waals surface area contributed by atoms with Crippen LogP contribution in [0.2, 0.25) is 10.0 Å². The Bertz CT molecular complexity index is 1420. The summed E-state index contributed by atoms with van der Waals surface area (Å²) in [5.41, 5.74) is 7.94. The summed E-state index contributed by atoms with van der Waals surface area (Å²) in [5.74, 6) is 1.50. The van der Waals surface area contributed by atoms with Gasteiger partial charge in [0, 0.05) is 21.3 Å². The van der Waals surface area contributed by atoms with E-state index in [1.165, 1.54) is 0 Å². The van der Waals surface area contributed by atoms with Gasteiger partial charge in [-0.15, -0.1) is 10.5 Å². The first kappa shape index (κ1) is 21.9. The van der Waals surface area contributed by atoms with Crippen molar-refractivity contribution in [1.29, 1.82) is 0 Å². The molecule has 0 aliphatic carbocycles. The van der Waals surface area contributed by atoms with Crippen LogP contribution in [0, 0.1) is 0 Å². The molecule has 0 amide bonds. The smallest absolute Gasteiger partial charge is 0.283 e. The maximum absolute atomic E-state index is 9.98. The fourth-order valence-corrected chi connectivity index (χ4v) is 5.11. The number of halogens is 2. The van der Waals surface area contributed by atoms with Crippen LogP contribution < -0.4 is 20.1 Å². The molecule has 0 bridgehead atoms. The number of aliphatic hydroxyl groups excluding tert-OH is 1. The summed E-state index contributed by atoms with van der Waals surface area (Å²) in [7, 11) is 1.99. The summed E-state index contributed by atoms with van der Waals surface area (Å²) in [5, 5.41) is 18.2. The predicted molar refractivity (Wildman–Crippen MR) is 139 cm³/mol. The molecule has 6 rings (SSSR count). The molecule has 2 aliphatic rings. The van der Waals surface area contributed by atoms with E-state index < -0.39 is 0 Å². The highest BCUT2D eigenvalue weighted by Crippen LogP contribution is 2.47. The number of rotatable bonds is 4. The Morgan fingerprint density at radius 1 is 1.03 bits per heavy atom. The van der Waals surface area contributed by atoms with Crippen LogP contribution in [0.1, 0.15) is 22.7 Å². The molecule has 0 saturated carbocycles. The van der Waals surface area contributed by atoms with E-state index in [2.05, 4.69) is 31.5 Å². The van der Waals surface area contributed by atoms with E-state index in [-0.39, 0.29) is 17.3 Å². The molecule has 176 valence electrons. The van der Waals surface area contributed by atoms with E-state index in [1.807, 2.05) is 67.7 Å². The van der Waals surface area contributed by atoms with Crippen molar-refractivity contribution in [3.8, 4) is 0 Å². The van der Waals surface area contributed by atoms with E-state index in [0.717, 1.165) is 33.9 Å². The minimum Gasteiger partial charge on any atom is -0.392 e. The van der Waals surface area contributed by atoms with E-state index in [0.29, 0.717) is 16.0 Å². The highest BCUT2D eigenvalue weighted by atomic mass is 35.5. The Kier molecular flexibility index (Phi) is 5.19. The zero-order valence-electron chi connectivity index (χ0n) is 18.7. The fraction of sp³-hybridized carbons (Fsp3) is 0.120. The Labute approximate surface area is 212 Å². The van der Waals surface area contributed by atoms with Crippen molar-refractivity contribution in [1.82, 2.24) is 20.2 Å². The number of aliphatic hydroxyl groups is 1. The van der Waals surface area contributed by atoms with Crippen LogP contribution in [0.15, 0.2) is 84.4 Å². The van der Waals surface area contributed by atoms with Gasteiger partial charge in [0.25, 0.3) is 11.8 Å². The Balaban J connectivity index is 1.64. The molecular weight excluding hydrogens is 485 g/mol. The molecule has 0 radical (unpaired) electrons. The maximum Gasteiger partial charge on any atom is 0.283 e. The van der Waals surface area contributed by atoms with Gasteiger partial charge in [-0.05, 0) is 59.7 Å². The Morgan fingerprint density at radius 3 is 2.57 bits per heavy atom. The van der Waals surface area contributed by atoms with Crippen molar-refractivity contribution in [2.75, 3.05) is 17.0 Å². The number of aromatic amines is 1. The third kappa shape index (κ3) is 3.45. The maximum atomic E-state index is 9.98. The number of quaternary nitrogens is 1. The van der Waals surface area contributed by atoms with Gasteiger partial charge in [0.15, 0.2) is 0 Å². The second-order valence-corrected chi connectivity index (χ2v) is 9.45. The molecule has 8 nitrogen and oxygen atoms in total. The van der Waals surface area contributed by atoms with Gasteiger partial charge in [0.2, 0.25) is 0 Å². The molecule has 4 aromatic rings. The lowest BCUT2D eigenvalue weighted by Crippen LogP contribution is -2.67.